The van der Waals surface area contributed by atoms with Gasteiger partial charge in [-0.1, -0.05) is 13.8 Å². The van der Waals surface area contributed by atoms with E-state index in [4.69, 9.17) is 10.5 Å². The fourth-order valence-corrected chi connectivity index (χ4v) is 2.22. The van der Waals surface area contributed by atoms with Crippen LogP contribution in [0.5, 0.6) is 0 Å². The summed E-state index contributed by atoms with van der Waals surface area (Å²) in [4.78, 5) is 5.05. The lowest BCUT2D eigenvalue weighted by Gasteiger charge is -2.34. The first-order chi connectivity index (χ1) is 8.80. The number of hydrogen-bond donors (Lipinski definition) is 1. The third kappa shape index (κ3) is 8.15. The summed E-state index contributed by atoms with van der Waals surface area (Å²) in [7, 11) is 0. The highest BCUT2D eigenvalue weighted by molar-refractivity contribution is 7.59. The number of nitrogens with zero attached hydrogens (tertiary/aromatic N) is 2. The molecule has 0 aromatic carbocycles. The largest absolute Gasteiger partial charge is 0.377 e. The smallest absolute Gasteiger partial charge is 0.0597 e. The minimum atomic E-state index is 0. The van der Waals surface area contributed by atoms with Gasteiger partial charge in [-0.05, 0) is 32.4 Å². The third-order valence-corrected chi connectivity index (χ3v) is 3.73. The molecule has 2 fully saturated rings. The Morgan fingerprint density at radius 3 is 2.05 bits per heavy atom. The molecule has 0 bridgehead atoms. The minimum absolute atomic E-state index is 0. The van der Waals surface area contributed by atoms with Gasteiger partial charge in [-0.2, -0.15) is 13.5 Å². The van der Waals surface area contributed by atoms with Crippen LogP contribution in [0, 0.1) is 0 Å². The van der Waals surface area contributed by atoms with Crippen molar-refractivity contribution in [2.75, 3.05) is 52.4 Å². The second-order valence-electron chi connectivity index (χ2n) is 5.11. The van der Waals surface area contributed by atoms with Crippen molar-refractivity contribution >= 4 is 13.5 Å². The first-order valence-electron chi connectivity index (χ1n) is 7.56. The van der Waals surface area contributed by atoms with Crippen molar-refractivity contribution in [1.29, 1.82) is 0 Å². The molecule has 0 aromatic rings. The highest BCUT2D eigenvalue weighted by Crippen LogP contribution is 2.21. The first kappa shape index (κ1) is 19.2. The van der Waals surface area contributed by atoms with Gasteiger partial charge in [0, 0.05) is 34.2 Å². The van der Waals surface area contributed by atoms with Gasteiger partial charge in [-0.3, -0.25) is 4.90 Å². The van der Waals surface area contributed by atoms with Crippen LogP contribution in [-0.4, -0.2) is 68.3 Å². The lowest BCUT2D eigenvalue weighted by Crippen LogP contribution is -2.47. The van der Waals surface area contributed by atoms with E-state index in [9.17, 15) is 0 Å². The predicted molar refractivity (Wildman–Crippen MR) is 89.4 cm³/mol. The lowest BCUT2D eigenvalue weighted by molar-refractivity contribution is -0.0119. The topological polar surface area (TPSA) is 41.7 Å². The van der Waals surface area contributed by atoms with Crippen LogP contribution < -0.4 is 5.73 Å². The molecule has 0 amide bonds. The summed E-state index contributed by atoms with van der Waals surface area (Å²) >= 11 is 0. The quantitative estimate of drug-likeness (QED) is 0.834. The molecular weight excluding hydrogens is 258 g/mol. The Bertz CT molecular complexity index is 201. The van der Waals surface area contributed by atoms with Gasteiger partial charge in [-0.15, -0.1) is 0 Å². The molecule has 0 aromatic heterocycles. The Labute approximate surface area is 127 Å². The minimum Gasteiger partial charge on any atom is -0.377 e. The number of ether oxygens (including phenoxy) is 1. The molecule has 1 saturated heterocycles. The van der Waals surface area contributed by atoms with Gasteiger partial charge in [0.05, 0.1) is 12.7 Å². The summed E-state index contributed by atoms with van der Waals surface area (Å²) in [6.45, 7) is 13.1. The highest BCUT2D eigenvalue weighted by atomic mass is 32.1. The number of nitrogens with two attached hydrogens (primary N) is 1. The van der Waals surface area contributed by atoms with E-state index in [0.717, 1.165) is 19.7 Å². The summed E-state index contributed by atoms with van der Waals surface area (Å²) < 4.78 is 5.78. The molecule has 1 aliphatic heterocycles. The second kappa shape index (κ2) is 12.0. The summed E-state index contributed by atoms with van der Waals surface area (Å²) in [6.07, 6.45) is 4.56. The molecule has 2 rings (SSSR count). The Kier molecular flexibility index (Phi) is 12.1. The van der Waals surface area contributed by atoms with Gasteiger partial charge in [0.1, 0.15) is 0 Å². The van der Waals surface area contributed by atoms with E-state index in [0.29, 0.717) is 6.10 Å². The zero-order chi connectivity index (χ0) is 13.2. The SMILES string of the molecule is CCN.CCN1CCN(CCOC2CCC2)CC1.S.[HH]. The van der Waals surface area contributed by atoms with E-state index in [1.807, 2.05) is 6.92 Å². The fourth-order valence-electron chi connectivity index (χ4n) is 2.22. The van der Waals surface area contributed by atoms with Gasteiger partial charge >= 0.3 is 0 Å². The van der Waals surface area contributed by atoms with Gasteiger partial charge in [-0.25, -0.2) is 0 Å². The van der Waals surface area contributed by atoms with E-state index in [-0.39, 0.29) is 14.9 Å². The third-order valence-electron chi connectivity index (χ3n) is 3.73. The van der Waals surface area contributed by atoms with Crippen LogP contribution in [0.1, 0.15) is 34.5 Å². The fraction of sp³-hybridized carbons (Fsp3) is 1.00. The second-order valence-corrected chi connectivity index (χ2v) is 5.11. The van der Waals surface area contributed by atoms with Crippen molar-refractivity contribution < 1.29 is 6.16 Å². The molecule has 0 spiro atoms. The maximum atomic E-state index is 5.78. The molecule has 5 heteroatoms. The number of piperazine rings is 1. The lowest BCUT2D eigenvalue weighted by atomic mass is 9.96. The molecule has 0 unspecified atom stereocenters. The zero-order valence-corrected chi connectivity index (χ0v) is 13.7. The Balaban J connectivity index is 0. The van der Waals surface area contributed by atoms with Crippen molar-refractivity contribution in [3.8, 4) is 0 Å². The average molecular weight is 294 g/mol. The molecule has 1 heterocycles. The maximum absolute atomic E-state index is 5.78. The van der Waals surface area contributed by atoms with Gasteiger partial charge in [0.25, 0.3) is 0 Å². The predicted octanol–water partition coefficient (Wildman–Crippen LogP) is 1.52. The highest BCUT2D eigenvalue weighted by Gasteiger charge is 2.19. The van der Waals surface area contributed by atoms with E-state index in [2.05, 4.69) is 16.7 Å². The molecule has 19 heavy (non-hydrogen) atoms. The van der Waals surface area contributed by atoms with Crippen molar-refractivity contribution in [3.05, 3.63) is 0 Å². The van der Waals surface area contributed by atoms with Crippen LogP contribution in [0.2, 0.25) is 0 Å². The molecular formula is C14H35N3OS. The van der Waals surface area contributed by atoms with Gasteiger partial charge < -0.3 is 15.4 Å². The summed E-state index contributed by atoms with van der Waals surface area (Å²) in [5, 5.41) is 0. The Hall–Kier alpha value is 0.190. The molecule has 0 radical (unpaired) electrons. The van der Waals surface area contributed by atoms with Crippen LogP contribution in [0.4, 0.5) is 0 Å². The number of likely N-dealkylation sites (N-methyl/N-ethyl adjacent to an activating group) is 1. The van der Waals surface area contributed by atoms with Crippen LogP contribution >= 0.6 is 13.5 Å². The molecule has 0 atom stereocenters. The van der Waals surface area contributed by atoms with Crippen molar-refractivity contribution in [2.24, 2.45) is 5.73 Å². The monoisotopic (exact) mass is 293 g/mol. The number of hydrogen-bond acceptors (Lipinski definition) is 4. The molecule has 2 aliphatic rings. The summed E-state index contributed by atoms with van der Waals surface area (Å²) in [6, 6.07) is 0. The normalized spacial score (nSPS) is 21.0. The number of rotatable bonds is 5. The van der Waals surface area contributed by atoms with Crippen molar-refractivity contribution in [1.82, 2.24) is 9.80 Å². The van der Waals surface area contributed by atoms with Crippen molar-refractivity contribution in [3.63, 3.8) is 0 Å². The molecule has 2 N–H and O–H groups in total. The van der Waals surface area contributed by atoms with Crippen molar-refractivity contribution in [2.45, 2.75) is 39.2 Å². The van der Waals surface area contributed by atoms with E-state index in [1.165, 1.54) is 52.0 Å². The zero-order valence-electron chi connectivity index (χ0n) is 12.7. The van der Waals surface area contributed by atoms with Gasteiger partial charge in [0.2, 0.25) is 0 Å². The molecule has 4 nitrogen and oxygen atoms in total. The average Bonchev–Trinajstić information content (AvgIpc) is 2.34. The Morgan fingerprint density at radius 2 is 1.63 bits per heavy atom. The van der Waals surface area contributed by atoms with Gasteiger partial charge in [0.15, 0.2) is 0 Å². The van der Waals surface area contributed by atoms with E-state index < -0.39 is 0 Å². The maximum Gasteiger partial charge on any atom is 0.0597 e. The first-order valence-corrected chi connectivity index (χ1v) is 7.56. The molecule has 118 valence electrons. The van der Waals surface area contributed by atoms with E-state index in [1.54, 1.807) is 0 Å². The van der Waals surface area contributed by atoms with Crippen LogP contribution in [0.3, 0.4) is 0 Å². The molecule has 1 saturated carbocycles. The Morgan fingerprint density at radius 1 is 1.11 bits per heavy atom. The van der Waals surface area contributed by atoms with Crippen LogP contribution in [0.25, 0.3) is 0 Å². The molecule has 1 aliphatic carbocycles. The van der Waals surface area contributed by atoms with Crippen LogP contribution in [-0.2, 0) is 4.74 Å². The summed E-state index contributed by atoms with van der Waals surface area (Å²) in [5.41, 5.74) is 4.85. The van der Waals surface area contributed by atoms with E-state index >= 15 is 0 Å². The van der Waals surface area contributed by atoms with Crippen LogP contribution in [0.15, 0.2) is 0 Å². The standard InChI is InChI=1S/C12H24N2O.C2H7N.H2S.H2/c1-2-13-6-8-14(9-7-13)10-11-15-12-4-3-5-12;1-2-3;;/h12H,2-11H2,1H3;2-3H2,1H3;1H2;1H. The summed E-state index contributed by atoms with van der Waals surface area (Å²) in [5.74, 6) is 0.